The molecule has 44 heavy (non-hydrogen) atoms. The van der Waals surface area contributed by atoms with E-state index in [0.29, 0.717) is 20.6 Å². The van der Waals surface area contributed by atoms with Crippen molar-refractivity contribution in [3.63, 3.8) is 0 Å². The minimum atomic E-state index is -0.777. The fraction of sp³-hybridized carbons (Fsp3) is 0.167. The van der Waals surface area contributed by atoms with Gasteiger partial charge in [0, 0.05) is 6.07 Å². The second kappa shape index (κ2) is 12.3. The van der Waals surface area contributed by atoms with Crippen LogP contribution in [0.4, 0.5) is 11.4 Å². The molecule has 0 bridgehead atoms. The maximum Gasteiger partial charge on any atom is 0.338 e. The Kier molecular flexibility index (Phi) is 8.35. The summed E-state index contributed by atoms with van der Waals surface area (Å²) in [7, 11) is 1.38. The lowest BCUT2D eigenvalue weighted by atomic mass is 9.96. The van der Waals surface area contributed by atoms with Gasteiger partial charge in [-0.1, -0.05) is 47.7 Å². The summed E-state index contributed by atoms with van der Waals surface area (Å²) in [5.74, 6) is -0.456. The van der Waals surface area contributed by atoms with Crippen LogP contribution in [-0.2, 0) is 9.53 Å². The van der Waals surface area contributed by atoms with Crippen LogP contribution in [-0.4, -0.2) is 34.1 Å². The zero-order chi connectivity index (χ0) is 31.5. The predicted octanol–water partition coefficient (Wildman–Crippen LogP) is 4.42. The molecule has 0 saturated heterocycles. The summed E-state index contributed by atoms with van der Waals surface area (Å²) in [5.41, 5.74) is 0.604. The minimum Gasteiger partial charge on any atom is -0.493 e. The maximum atomic E-state index is 13.8. The molecule has 0 saturated carbocycles. The molecular formula is C30H24N4O9S. The Morgan fingerprint density at radius 3 is 2.41 bits per heavy atom. The van der Waals surface area contributed by atoms with Crippen LogP contribution in [0, 0.1) is 20.2 Å². The number of methoxy groups -OCH3 is 1. The van der Waals surface area contributed by atoms with E-state index in [4.69, 9.17) is 14.2 Å². The normalized spacial score (nSPS) is 14.4. The average molecular weight is 617 g/mol. The van der Waals surface area contributed by atoms with Crippen molar-refractivity contribution in [2.75, 3.05) is 13.7 Å². The number of benzene rings is 3. The molecule has 0 amide bonds. The van der Waals surface area contributed by atoms with Crippen LogP contribution >= 0.6 is 11.3 Å². The van der Waals surface area contributed by atoms with Crippen molar-refractivity contribution < 1.29 is 28.9 Å². The maximum absolute atomic E-state index is 13.8. The molecule has 1 atom stereocenters. The summed E-state index contributed by atoms with van der Waals surface area (Å²) >= 11 is 1.16. The van der Waals surface area contributed by atoms with Crippen LogP contribution in [0.25, 0.3) is 6.08 Å². The van der Waals surface area contributed by atoms with Crippen molar-refractivity contribution in [2.45, 2.75) is 19.9 Å². The third-order valence-corrected chi connectivity index (χ3v) is 7.67. The van der Waals surface area contributed by atoms with Crippen LogP contribution in [0.1, 0.15) is 31.0 Å². The highest BCUT2D eigenvalue weighted by molar-refractivity contribution is 7.07. The van der Waals surface area contributed by atoms with Gasteiger partial charge in [-0.3, -0.25) is 29.6 Å². The van der Waals surface area contributed by atoms with Gasteiger partial charge in [-0.2, -0.15) is 0 Å². The third kappa shape index (κ3) is 5.70. The first-order chi connectivity index (χ1) is 21.1. The number of hydrogen-bond acceptors (Lipinski definition) is 11. The van der Waals surface area contributed by atoms with Gasteiger partial charge in [0.1, 0.15) is 0 Å². The summed E-state index contributed by atoms with van der Waals surface area (Å²) < 4.78 is 18.3. The van der Waals surface area contributed by atoms with Crippen molar-refractivity contribution in [3.8, 4) is 17.2 Å². The van der Waals surface area contributed by atoms with Crippen LogP contribution in [0.3, 0.4) is 0 Å². The molecule has 0 spiro atoms. The second-order valence-corrected chi connectivity index (χ2v) is 10.4. The molecule has 5 rings (SSSR count). The average Bonchev–Trinajstić information content (AvgIpc) is 3.31. The monoisotopic (exact) mass is 616 g/mol. The molecule has 13 nitrogen and oxygen atoms in total. The number of nitro groups is 2. The van der Waals surface area contributed by atoms with Gasteiger partial charge < -0.3 is 14.2 Å². The Hall–Kier alpha value is -5.63. The highest BCUT2D eigenvalue weighted by Crippen LogP contribution is 2.38. The van der Waals surface area contributed by atoms with E-state index in [1.165, 1.54) is 17.7 Å². The number of fused-ring (bicyclic) bond motifs is 1. The minimum absolute atomic E-state index is 0.113. The van der Waals surface area contributed by atoms with Gasteiger partial charge >= 0.3 is 11.7 Å². The molecule has 3 aromatic carbocycles. The van der Waals surface area contributed by atoms with Crippen LogP contribution in [0.2, 0.25) is 0 Å². The van der Waals surface area contributed by atoms with Crippen molar-refractivity contribution in [2.24, 2.45) is 4.99 Å². The Labute approximate surface area is 252 Å². The van der Waals surface area contributed by atoms with Crippen LogP contribution in [0.5, 0.6) is 17.2 Å². The van der Waals surface area contributed by atoms with Crippen molar-refractivity contribution in [3.05, 3.63) is 129 Å². The van der Waals surface area contributed by atoms with E-state index < -0.39 is 33.2 Å². The van der Waals surface area contributed by atoms with Gasteiger partial charge in [-0.05, 0) is 49.2 Å². The van der Waals surface area contributed by atoms with Crippen molar-refractivity contribution in [1.29, 1.82) is 0 Å². The number of carbonyl (C=O) groups excluding carboxylic acids is 1. The third-order valence-electron chi connectivity index (χ3n) is 6.69. The lowest BCUT2D eigenvalue weighted by Gasteiger charge is -2.24. The fourth-order valence-electron chi connectivity index (χ4n) is 4.72. The first-order valence-electron chi connectivity index (χ1n) is 13.2. The molecular weight excluding hydrogens is 592 g/mol. The highest BCUT2D eigenvalue weighted by Gasteiger charge is 2.33. The van der Waals surface area contributed by atoms with Gasteiger partial charge in [0.15, 0.2) is 16.3 Å². The van der Waals surface area contributed by atoms with E-state index in [2.05, 4.69) is 4.99 Å². The second-order valence-electron chi connectivity index (χ2n) is 9.39. The lowest BCUT2D eigenvalue weighted by molar-refractivity contribution is -0.394. The van der Waals surface area contributed by atoms with E-state index in [1.807, 2.05) is 30.3 Å². The molecule has 1 aliphatic rings. The number of allylic oxidation sites excluding steroid dienone is 1. The number of ether oxygens (including phenoxy) is 3. The number of aromatic nitrogens is 1. The van der Waals surface area contributed by atoms with Crippen molar-refractivity contribution >= 4 is 34.8 Å². The Morgan fingerprint density at radius 2 is 1.75 bits per heavy atom. The lowest BCUT2D eigenvalue weighted by Crippen LogP contribution is -2.39. The number of hydrogen-bond donors (Lipinski definition) is 0. The molecule has 2 heterocycles. The molecule has 4 aromatic rings. The largest absolute Gasteiger partial charge is 0.493 e. The number of carbonyl (C=O) groups is 1. The van der Waals surface area contributed by atoms with E-state index in [9.17, 15) is 29.8 Å². The molecule has 1 aromatic heterocycles. The standard InChI is InChI=1S/C30H24N4O9S/c1-4-42-29(36)26-17(2)31-30-32(27(26)19-8-6-5-7-9-19)28(35)25(44-30)15-18-10-12-23(24(14-18)41-3)43-22-13-11-20(33(37)38)16-21(22)34(39)40/h5-16,27H,4H2,1-3H3/b25-15-. The number of nitrogens with zero attached hydrogens (tertiary/aromatic N) is 4. The Bertz CT molecular complexity index is 2020. The molecule has 1 aliphatic heterocycles. The van der Waals surface area contributed by atoms with Gasteiger partial charge in [-0.25, -0.2) is 9.79 Å². The summed E-state index contributed by atoms with van der Waals surface area (Å²) in [6.07, 6.45) is 1.63. The zero-order valence-corrected chi connectivity index (χ0v) is 24.4. The number of non-ortho nitro benzene ring substituents is 1. The molecule has 14 heteroatoms. The van der Waals surface area contributed by atoms with Gasteiger partial charge in [-0.15, -0.1) is 0 Å². The van der Waals surface area contributed by atoms with E-state index in [1.54, 1.807) is 32.1 Å². The molecule has 0 radical (unpaired) electrons. The zero-order valence-electron chi connectivity index (χ0n) is 23.6. The van der Waals surface area contributed by atoms with Crippen molar-refractivity contribution in [1.82, 2.24) is 4.57 Å². The first kappa shape index (κ1) is 29.8. The highest BCUT2D eigenvalue weighted by atomic mass is 32.1. The first-order valence-corrected chi connectivity index (χ1v) is 14.0. The Morgan fingerprint density at radius 1 is 1.02 bits per heavy atom. The molecule has 0 aliphatic carbocycles. The van der Waals surface area contributed by atoms with E-state index in [-0.39, 0.29) is 35.0 Å². The number of thiazole rings is 1. The van der Waals surface area contributed by atoms with Gasteiger partial charge in [0.25, 0.3) is 11.2 Å². The van der Waals surface area contributed by atoms with Crippen LogP contribution in [0.15, 0.2) is 87.8 Å². The SMILES string of the molecule is CCOC(=O)C1=C(C)N=c2s/c(=C\c3ccc(Oc4ccc([N+](=O)[O-])cc4[N+](=O)[O-])c(OC)c3)c(=O)n2C1c1ccccc1. The fourth-order valence-corrected chi connectivity index (χ4v) is 5.77. The quantitative estimate of drug-likeness (QED) is 0.150. The topological polar surface area (TPSA) is 165 Å². The Balaban J connectivity index is 1.56. The van der Waals surface area contributed by atoms with E-state index >= 15 is 0 Å². The molecule has 1 unspecified atom stereocenters. The van der Waals surface area contributed by atoms with E-state index in [0.717, 1.165) is 35.1 Å². The summed E-state index contributed by atoms with van der Waals surface area (Å²) in [6.45, 7) is 3.58. The molecule has 0 fully saturated rings. The predicted molar refractivity (Wildman–Crippen MR) is 160 cm³/mol. The summed E-state index contributed by atoms with van der Waals surface area (Å²) in [5, 5.41) is 22.6. The van der Waals surface area contributed by atoms with Crippen LogP contribution < -0.4 is 24.4 Å². The number of nitro benzene ring substituents is 2. The smallest absolute Gasteiger partial charge is 0.338 e. The summed E-state index contributed by atoms with van der Waals surface area (Å²) in [6, 6.07) is 16.2. The molecule has 224 valence electrons. The van der Waals surface area contributed by atoms with Gasteiger partial charge in [0.05, 0.1) is 51.5 Å². The van der Waals surface area contributed by atoms with Gasteiger partial charge in [0.2, 0.25) is 5.75 Å². The summed E-state index contributed by atoms with van der Waals surface area (Å²) in [4.78, 5) is 52.9. The molecule has 0 N–H and O–H groups in total. The number of esters is 1. The number of rotatable bonds is 9.